The zero-order valence-electron chi connectivity index (χ0n) is 13.4. The molecule has 0 unspecified atom stereocenters. The Morgan fingerprint density at radius 2 is 1.88 bits per heavy atom. The normalized spacial score (nSPS) is 20.1. The van der Waals surface area contributed by atoms with Crippen molar-refractivity contribution in [3.63, 3.8) is 0 Å². The van der Waals surface area contributed by atoms with Crippen LogP contribution in [0.3, 0.4) is 0 Å². The molecule has 0 aromatic heterocycles. The highest BCUT2D eigenvalue weighted by Gasteiger charge is 2.37. The highest BCUT2D eigenvalue weighted by Crippen LogP contribution is 2.32. The summed E-state index contributed by atoms with van der Waals surface area (Å²) in [5.41, 5.74) is 1.97. The lowest BCUT2D eigenvalue weighted by Gasteiger charge is -2.28. The topological polar surface area (TPSA) is 66.9 Å². The number of hydrogen-bond donors (Lipinski definition) is 0. The zero-order valence-corrected chi connectivity index (χ0v) is 14.2. The fraction of sp³-hybridized carbons (Fsp3) is 0.353. The number of hydrogen-bond acceptors (Lipinski definition) is 5. The third kappa shape index (κ3) is 3.68. The van der Waals surface area contributed by atoms with Crippen molar-refractivity contribution in [1.82, 2.24) is 9.80 Å². The van der Waals surface area contributed by atoms with Crippen LogP contribution in [0.2, 0.25) is 0 Å². The lowest BCUT2D eigenvalue weighted by Crippen LogP contribution is -2.46. The molecule has 1 aromatic carbocycles. The quantitative estimate of drug-likeness (QED) is 0.782. The van der Waals surface area contributed by atoms with Gasteiger partial charge in [0, 0.05) is 13.1 Å². The van der Waals surface area contributed by atoms with Crippen LogP contribution in [0, 0.1) is 6.92 Å². The third-order valence-corrected chi connectivity index (χ3v) is 4.81. The van der Waals surface area contributed by atoms with Gasteiger partial charge < -0.3 is 9.64 Å². The molecule has 0 aliphatic carbocycles. The molecule has 0 radical (unpaired) electrons. The molecule has 0 N–H and O–H groups in total. The van der Waals surface area contributed by atoms with Crippen molar-refractivity contribution < 1.29 is 19.1 Å². The SMILES string of the molecule is Cc1ccc(/C=C2\SC(=O)N(CC(=O)N3CCOCC3)C2=O)cc1. The highest BCUT2D eigenvalue weighted by molar-refractivity contribution is 8.18. The molecule has 126 valence electrons. The zero-order chi connectivity index (χ0) is 17.1. The summed E-state index contributed by atoms with van der Waals surface area (Å²) >= 11 is 0.873. The van der Waals surface area contributed by atoms with Gasteiger partial charge in [0.2, 0.25) is 5.91 Å². The Kier molecular flexibility index (Phi) is 5.01. The highest BCUT2D eigenvalue weighted by atomic mass is 32.2. The first-order valence-corrected chi connectivity index (χ1v) is 8.54. The number of nitrogens with zero attached hydrogens (tertiary/aromatic N) is 2. The first-order valence-electron chi connectivity index (χ1n) is 7.72. The Labute approximate surface area is 144 Å². The summed E-state index contributed by atoms with van der Waals surface area (Å²) < 4.78 is 5.20. The Morgan fingerprint density at radius 3 is 2.54 bits per heavy atom. The van der Waals surface area contributed by atoms with E-state index < -0.39 is 11.1 Å². The van der Waals surface area contributed by atoms with Crippen LogP contribution in [0.4, 0.5) is 4.79 Å². The number of imide groups is 1. The Morgan fingerprint density at radius 1 is 1.21 bits per heavy atom. The molecule has 0 saturated carbocycles. The predicted molar refractivity (Wildman–Crippen MR) is 91.3 cm³/mol. The van der Waals surface area contributed by atoms with Gasteiger partial charge >= 0.3 is 0 Å². The van der Waals surface area contributed by atoms with Gasteiger partial charge in [0.15, 0.2) is 0 Å². The fourth-order valence-corrected chi connectivity index (χ4v) is 3.34. The number of thioether (sulfide) groups is 1. The van der Waals surface area contributed by atoms with Crippen LogP contribution in [0.25, 0.3) is 6.08 Å². The largest absolute Gasteiger partial charge is 0.378 e. The summed E-state index contributed by atoms with van der Waals surface area (Å²) in [7, 11) is 0. The van der Waals surface area contributed by atoms with Crippen LogP contribution in [-0.2, 0) is 14.3 Å². The lowest BCUT2D eigenvalue weighted by molar-refractivity contribution is -0.139. The van der Waals surface area contributed by atoms with Crippen LogP contribution in [-0.4, -0.2) is 59.7 Å². The van der Waals surface area contributed by atoms with Crippen molar-refractivity contribution >= 4 is 34.9 Å². The maximum Gasteiger partial charge on any atom is 0.294 e. The summed E-state index contributed by atoms with van der Waals surface area (Å²) in [6.07, 6.45) is 1.68. The molecule has 24 heavy (non-hydrogen) atoms. The second-order valence-electron chi connectivity index (χ2n) is 5.67. The van der Waals surface area contributed by atoms with Gasteiger partial charge in [-0.05, 0) is 30.3 Å². The minimum atomic E-state index is -0.410. The van der Waals surface area contributed by atoms with Crippen LogP contribution >= 0.6 is 11.8 Å². The van der Waals surface area contributed by atoms with Crippen LogP contribution < -0.4 is 0 Å². The maximum absolute atomic E-state index is 12.4. The Bertz CT molecular complexity index is 693. The summed E-state index contributed by atoms with van der Waals surface area (Å²) in [5, 5.41) is -0.403. The number of benzene rings is 1. The van der Waals surface area contributed by atoms with E-state index >= 15 is 0 Å². The second-order valence-corrected chi connectivity index (χ2v) is 6.66. The fourth-order valence-electron chi connectivity index (χ4n) is 2.50. The van der Waals surface area contributed by atoms with E-state index in [1.807, 2.05) is 31.2 Å². The standard InChI is InChI=1S/C17H18N2O4S/c1-12-2-4-13(5-3-12)10-14-16(21)19(17(22)24-14)11-15(20)18-6-8-23-9-7-18/h2-5,10H,6-9,11H2,1H3/b14-10-. The molecule has 3 amide bonds. The first-order chi connectivity index (χ1) is 11.5. The predicted octanol–water partition coefficient (Wildman–Crippen LogP) is 1.89. The van der Waals surface area contributed by atoms with Gasteiger partial charge in [-0.15, -0.1) is 0 Å². The Hall–Kier alpha value is -2.12. The number of carbonyl (C=O) groups is 3. The van der Waals surface area contributed by atoms with Gasteiger partial charge in [-0.3, -0.25) is 19.3 Å². The summed E-state index contributed by atoms with van der Waals surface area (Å²) in [6.45, 7) is 3.73. The molecule has 2 fully saturated rings. The number of aryl methyl sites for hydroxylation is 1. The maximum atomic E-state index is 12.4. The van der Waals surface area contributed by atoms with E-state index in [1.165, 1.54) is 0 Å². The van der Waals surface area contributed by atoms with Crippen molar-refractivity contribution in [2.45, 2.75) is 6.92 Å². The monoisotopic (exact) mass is 346 g/mol. The van der Waals surface area contributed by atoms with Crippen molar-refractivity contribution in [3.05, 3.63) is 40.3 Å². The van der Waals surface area contributed by atoms with Crippen molar-refractivity contribution in [3.8, 4) is 0 Å². The molecule has 2 heterocycles. The number of amides is 3. The lowest BCUT2D eigenvalue weighted by atomic mass is 10.1. The molecular formula is C17H18N2O4S. The van der Waals surface area contributed by atoms with E-state index in [0.717, 1.165) is 27.8 Å². The molecule has 6 nitrogen and oxygen atoms in total. The van der Waals surface area contributed by atoms with E-state index in [9.17, 15) is 14.4 Å². The third-order valence-electron chi connectivity index (χ3n) is 3.91. The molecule has 0 spiro atoms. The summed E-state index contributed by atoms with van der Waals surface area (Å²) in [6, 6.07) is 7.67. The molecule has 2 aliphatic rings. The molecule has 0 bridgehead atoms. The van der Waals surface area contributed by atoms with Gasteiger partial charge in [-0.25, -0.2) is 0 Å². The average Bonchev–Trinajstić information content (AvgIpc) is 2.85. The number of rotatable bonds is 3. The average molecular weight is 346 g/mol. The number of carbonyl (C=O) groups excluding carboxylic acids is 3. The Balaban J connectivity index is 1.69. The van der Waals surface area contributed by atoms with Gasteiger partial charge in [0.05, 0.1) is 18.1 Å². The molecule has 7 heteroatoms. The smallest absolute Gasteiger partial charge is 0.294 e. The molecular weight excluding hydrogens is 328 g/mol. The van der Waals surface area contributed by atoms with Gasteiger partial charge in [-0.2, -0.15) is 0 Å². The molecule has 3 rings (SSSR count). The molecule has 2 aliphatic heterocycles. The van der Waals surface area contributed by atoms with E-state index in [2.05, 4.69) is 0 Å². The minimum absolute atomic E-state index is 0.212. The van der Waals surface area contributed by atoms with E-state index in [1.54, 1.807) is 11.0 Å². The van der Waals surface area contributed by atoms with E-state index in [-0.39, 0.29) is 12.5 Å². The van der Waals surface area contributed by atoms with Crippen LogP contribution in [0.5, 0.6) is 0 Å². The van der Waals surface area contributed by atoms with Crippen molar-refractivity contribution in [2.75, 3.05) is 32.8 Å². The van der Waals surface area contributed by atoms with Gasteiger partial charge in [-0.1, -0.05) is 29.8 Å². The van der Waals surface area contributed by atoms with Crippen molar-refractivity contribution in [2.24, 2.45) is 0 Å². The number of morpholine rings is 1. The summed E-state index contributed by atoms with van der Waals surface area (Å²) in [4.78, 5) is 39.7. The minimum Gasteiger partial charge on any atom is -0.378 e. The molecule has 1 aromatic rings. The van der Waals surface area contributed by atoms with Gasteiger partial charge in [0.1, 0.15) is 6.54 Å². The van der Waals surface area contributed by atoms with E-state index in [0.29, 0.717) is 31.2 Å². The van der Waals surface area contributed by atoms with Gasteiger partial charge in [0.25, 0.3) is 11.1 Å². The molecule has 0 atom stereocenters. The van der Waals surface area contributed by atoms with E-state index in [4.69, 9.17) is 4.74 Å². The van der Waals surface area contributed by atoms with Crippen molar-refractivity contribution in [1.29, 1.82) is 0 Å². The second kappa shape index (κ2) is 7.19. The van der Waals surface area contributed by atoms with Crippen LogP contribution in [0.15, 0.2) is 29.2 Å². The molecule has 2 saturated heterocycles. The number of ether oxygens (including phenoxy) is 1. The summed E-state index contributed by atoms with van der Waals surface area (Å²) in [5.74, 6) is -0.635. The first kappa shape index (κ1) is 16.7. The van der Waals surface area contributed by atoms with Crippen LogP contribution in [0.1, 0.15) is 11.1 Å².